The highest BCUT2D eigenvalue weighted by Gasteiger charge is 2.34. The molecule has 0 aromatic heterocycles. The number of nitrogens with zero attached hydrogens (tertiary/aromatic N) is 2. The monoisotopic (exact) mass is 346 g/mol. The summed E-state index contributed by atoms with van der Waals surface area (Å²) in [7, 11) is 0. The Kier molecular flexibility index (Phi) is 6.50. The van der Waals surface area contributed by atoms with E-state index in [1.165, 1.54) is 16.7 Å². The van der Waals surface area contributed by atoms with Gasteiger partial charge in [-0.05, 0) is 63.1 Å². The van der Waals surface area contributed by atoms with Gasteiger partial charge in [-0.3, -0.25) is 4.90 Å². The largest absolute Gasteiger partial charge is 0.396 e. The van der Waals surface area contributed by atoms with E-state index in [4.69, 9.17) is 0 Å². The van der Waals surface area contributed by atoms with E-state index in [0.29, 0.717) is 31.0 Å². The van der Waals surface area contributed by atoms with Gasteiger partial charge in [-0.15, -0.1) is 0 Å². The lowest BCUT2D eigenvalue weighted by Gasteiger charge is -2.33. The molecule has 4 nitrogen and oxygen atoms in total. The van der Waals surface area contributed by atoms with Gasteiger partial charge in [0, 0.05) is 39.4 Å². The summed E-state index contributed by atoms with van der Waals surface area (Å²) in [6.07, 6.45) is 2.22. The van der Waals surface area contributed by atoms with Crippen molar-refractivity contribution in [3.05, 3.63) is 34.9 Å². The van der Waals surface area contributed by atoms with E-state index in [2.05, 4.69) is 41.8 Å². The molecule has 0 radical (unpaired) electrons. The van der Waals surface area contributed by atoms with Crippen molar-refractivity contribution in [2.45, 2.75) is 33.2 Å². The second kappa shape index (κ2) is 8.63. The van der Waals surface area contributed by atoms with Crippen LogP contribution in [0.3, 0.4) is 0 Å². The highest BCUT2D eigenvalue weighted by Crippen LogP contribution is 2.27. The number of hydrogen-bond donors (Lipinski definition) is 2. The zero-order valence-electron chi connectivity index (χ0n) is 15.8. The van der Waals surface area contributed by atoms with E-state index in [0.717, 1.165) is 52.1 Å². The molecular formula is C21H34N2O2. The van der Waals surface area contributed by atoms with Crippen molar-refractivity contribution in [3.8, 4) is 0 Å². The van der Waals surface area contributed by atoms with E-state index in [1.807, 2.05) is 0 Å². The Morgan fingerprint density at radius 1 is 0.880 bits per heavy atom. The van der Waals surface area contributed by atoms with Crippen LogP contribution in [0.2, 0.25) is 0 Å². The molecule has 25 heavy (non-hydrogen) atoms. The van der Waals surface area contributed by atoms with Gasteiger partial charge in [0.15, 0.2) is 0 Å². The number of aryl methyl sites for hydroxylation is 2. The maximum Gasteiger partial charge on any atom is 0.0475 e. The van der Waals surface area contributed by atoms with Crippen LogP contribution in [0, 0.1) is 31.6 Å². The average molecular weight is 347 g/mol. The summed E-state index contributed by atoms with van der Waals surface area (Å²) in [5.41, 5.74) is 4.05. The molecule has 0 amide bonds. The van der Waals surface area contributed by atoms with Crippen LogP contribution in [-0.4, -0.2) is 66.0 Å². The first-order valence-electron chi connectivity index (χ1n) is 9.81. The maximum atomic E-state index is 9.84. The van der Waals surface area contributed by atoms with Crippen LogP contribution in [0.25, 0.3) is 0 Å². The van der Waals surface area contributed by atoms with Gasteiger partial charge < -0.3 is 15.1 Å². The molecule has 0 bridgehead atoms. The molecule has 2 N–H and O–H groups in total. The van der Waals surface area contributed by atoms with Crippen LogP contribution < -0.4 is 0 Å². The summed E-state index contributed by atoms with van der Waals surface area (Å²) >= 11 is 0. The molecular weight excluding hydrogens is 312 g/mol. The van der Waals surface area contributed by atoms with Gasteiger partial charge in [0.2, 0.25) is 0 Å². The van der Waals surface area contributed by atoms with Gasteiger partial charge in [0.1, 0.15) is 0 Å². The van der Waals surface area contributed by atoms with Crippen LogP contribution in [0.4, 0.5) is 0 Å². The van der Waals surface area contributed by atoms with E-state index in [9.17, 15) is 10.2 Å². The highest BCUT2D eigenvalue weighted by molar-refractivity contribution is 5.28. The minimum absolute atomic E-state index is 0.293. The first-order chi connectivity index (χ1) is 12.1. The number of rotatable bonds is 6. The van der Waals surface area contributed by atoms with Crippen molar-refractivity contribution in [2.75, 3.05) is 45.9 Å². The van der Waals surface area contributed by atoms with Crippen molar-refractivity contribution >= 4 is 0 Å². The summed E-state index contributed by atoms with van der Waals surface area (Å²) in [6, 6.07) is 6.80. The van der Waals surface area contributed by atoms with E-state index >= 15 is 0 Å². The minimum atomic E-state index is 0.293. The Balaban J connectivity index is 1.55. The Hall–Kier alpha value is -0.940. The molecule has 2 fully saturated rings. The SMILES string of the molecule is Cc1cc(C)cc(CN2C[C@@H](CO)[C@@H](CN3CCC(CO)CC3)C2)c1. The van der Waals surface area contributed by atoms with Crippen molar-refractivity contribution < 1.29 is 10.2 Å². The number of piperidine rings is 1. The molecule has 140 valence electrons. The molecule has 2 atom stereocenters. The fraction of sp³-hybridized carbons (Fsp3) is 0.714. The lowest BCUT2D eigenvalue weighted by Crippen LogP contribution is -2.40. The van der Waals surface area contributed by atoms with Gasteiger partial charge in [0.05, 0.1) is 0 Å². The molecule has 1 aromatic rings. The third-order valence-electron chi connectivity index (χ3n) is 6.03. The fourth-order valence-electron chi connectivity index (χ4n) is 4.68. The first kappa shape index (κ1) is 18.8. The Morgan fingerprint density at radius 2 is 1.52 bits per heavy atom. The van der Waals surface area contributed by atoms with E-state index in [-0.39, 0.29) is 0 Å². The van der Waals surface area contributed by atoms with Crippen molar-refractivity contribution in [2.24, 2.45) is 17.8 Å². The smallest absolute Gasteiger partial charge is 0.0475 e. The van der Waals surface area contributed by atoms with Crippen molar-refractivity contribution in [1.29, 1.82) is 0 Å². The second-order valence-corrected chi connectivity index (χ2v) is 8.32. The Bertz CT molecular complexity index is 535. The molecule has 0 aliphatic carbocycles. The maximum absolute atomic E-state index is 9.84. The number of aliphatic hydroxyl groups excluding tert-OH is 2. The summed E-state index contributed by atoms with van der Waals surface area (Å²) in [6.45, 7) is 11.3. The van der Waals surface area contributed by atoms with Gasteiger partial charge in [-0.25, -0.2) is 0 Å². The second-order valence-electron chi connectivity index (χ2n) is 8.32. The summed E-state index contributed by atoms with van der Waals surface area (Å²) in [5, 5.41) is 19.1. The van der Waals surface area contributed by atoms with Crippen LogP contribution in [0.15, 0.2) is 18.2 Å². The molecule has 0 spiro atoms. The van der Waals surface area contributed by atoms with Gasteiger partial charge >= 0.3 is 0 Å². The summed E-state index contributed by atoms with van der Waals surface area (Å²) in [5.74, 6) is 1.44. The minimum Gasteiger partial charge on any atom is -0.396 e. The quantitative estimate of drug-likeness (QED) is 0.828. The molecule has 2 aliphatic heterocycles. The Morgan fingerprint density at radius 3 is 2.12 bits per heavy atom. The molecule has 1 aromatic carbocycles. The molecule has 3 rings (SSSR count). The predicted octanol–water partition coefficient (Wildman–Crippen LogP) is 2.05. The van der Waals surface area contributed by atoms with Gasteiger partial charge in [0.25, 0.3) is 0 Å². The molecule has 0 unspecified atom stereocenters. The topological polar surface area (TPSA) is 46.9 Å². The lowest BCUT2D eigenvalue weighted by atomic mass is 9.93. The average Bonchev–Trinajstić information content (AvgIpc) is 2.96. The summed E-state index contributed by atoms with van der Waals surface area (Å²) in [4.78, 5) is 5.06. The molecule has 4 heteroatoms. The number of likely N-dealkylation sites (tertiary alicyclic amines) is 2. The standard InChI is InChI=1S/C21H34N2O2/c1-16-7-17(2)9-19(8-16)10-23-12-20(21(13-23)15-25)11-22-5-3-18(14-24)4-6-22/h7-9,18,20-21,24-25H,3-6,10-15H2,1-2H3/t20-,21-/m0/s1. The van der Waals surface area contributed by atoms with Gasteiger partial charge in [-0.2, -0.15) is 0 Å². The van der Waals surface area contributed by atoms with Crippen molar-refractivity contribution in [1.82, 2.24) is 9.80 Å². The van der Waals surface area contributed by atoms with E-state index in [1.54, 1.807) is 0 Å². The first-order valence-corrected chi connectivity index (χ1v) is 9.81. The van der Waals surface area contributed by atoms with Crippen LogP contribution in [-0.2, 0) is 6.54 Å². The predicted molar refractivity (Wildman–Crippen MR) is 102 cm³/mol. The third kappa shape index (κ3) is 5.04. The van der Waals surface area contributed by atoms with E-state index < -0.39 is 0 Å². The normalized spacial score (nSPS) is 26.4. The van der Waals surface area contributed by atoms with Crippen LogP contribution in [0.1, 0.15) is 29.5 Å². The zero-order chi connectivity index (χ0) is 17.8. The molecule has 2 saturated heterocycles. The number of hydrogen-bond acceptors (Lipinski definition) is 4. The van der Waals surface area contributed by atoms with Gasteiger partial charge in [-0.1, -0.05) is 29.3 Å². The third-order valence-corrected chi connectivity index (χ3v) is 6.03. The molecule has 0 saturated carbocycles. The van der Waals surface area contributed by atoms with Crippen LogP contribution >= 0.6 is 0 Å². The highest BCUT2D eigenvalue weighted by atomic mass is 16.3. The van der Waals surface area contributed by atoms with Crippen molar-refractivity contribution in [3.63, 3.8) is 0 Å². The number of benzene rings is 1. The summed E-state index contributed by atoms with van der Waals surface area (Å²) < 4.78 is 0. The number of aliphatic hydroxyl groups is 2. The lowest BCUT2D eigenvalue weighted by molar-refractivity contribution is 0.106. The van der Waals surface area contributed by atoms with Crippen LogP contribution in [0.5, 0.6) is 0 Å². The zero-order valence-corrected chi connectivity index (χ0v) is 15.8. The fourth-order valence-corrected chi connectivity index (χ4v) is 4.68. The Labute approximate surface area is 152 Å². The molecule has 2 heterocycles. The molecule has 2 aliphatic rings.